The summed E-state index contributed by atoms with van der Waals surface area (Å²) in [6, 6.07) is 12.9. The van der Waals surface area contributed by atoms with E-state index in [0.717, 1.165) is 19.3 Å². The predicted molar refractivity (Wildman–Crippen MR) is 230 cm³/mol. The molecule has 3 aromatic rings. The fourth-order valence-corrected chi connectivity index (χ4v) is 9.80. The number of methoxy groups -OCH3 is 1. The van der Waals surface area contributed by atoms with E-state index in [4.69, 9.17) is 43.2 Å². The molecule has 2 unspecified atom stereocenters. The maximum absolute atomic E-state index is 13.7. The molecule has 1 aromatic carbocycles. The third kappa shape index (κ3) is 11.2. The minimum atomic E-state index is -4.87. The number of phosphoric acid groups is 1. The molecular weight excluding hydrogens is 816 g/mol. The molecule has 3 N–H and O–H groups in total. The third-order valence-corrected chi connectivity index (χ3v) is 13.0. The molecular formula is C45H65N6O10P. The summed E-state index contributed by atoms with van der Waals surface area (Å²) in [7, 11) is -3.38. The molecule has 6 rings (SSSR count). The van der Waals surface area contributed by atoms with Gasteiger partial charge in [-0.25, -0.2) is 14.1 Å². The predicted octanol–water partition coefficient (Wildman–Crippen LogP) is 8.80. The van der Waals surface area contributed by atoms with Crippen molar-refractivity contribution < 1.29 is 46.9 Å². The van der Waals surface area contributed by atoms with Crippen LogP contribution in [0.4, 0.5) is 5.82 Å². The molecule has 340 valence electrons. The number of nitrogens with two attached hydrogens (primary N) is 1. The van der Waals surface area contributed by atoms with Gasteiger partial charge >= 0.3 is 7.82 Å². The number of hydrogen-bond acceptors (Lipinski definition) is 14. The van der Waals surface area contributed by atoms with Gasteiger partial charge in [-0.1, -0.05) is 109 Å². The number of nitrogens with zero attached hydrogens (tertiary/aromatic N) is 5. The summed E-state index contributed by atoms with van der Waals surface area (Å²) in [4.78, 5) is 15.2. The summed E-state index contributed by atoms with van der Waals surface area (Å²) in [5, 5.41) is 24.4. The van der Waals surface area contributed by atoms with Crippen molar-refractivity contribution in [3.63, 3.8) is 0 Å². The average Bonchev–Trinajstić information content (AvgIpc) is 3.61. The molecule has 0 amide bonds. The topological polar surface area (TPSA) is 215 Å². The fraction of sp³-hybridized carbons (Fsp3) is 0.689. The largest absolute Gasteiger partial charge is 0.495 e. The van der Waals surface area contributed by atoms with Crippen molar-refractivity contribution in [3.8, 4) is 17.9 Å². The molecule has 2 aromatic heterocycles. The van der Waals surface area contributed by atoms with E-state index in [9.17, 15) is 20.0 Å². The van der Waals surface area contributed by atoms with Crippen molar-refractivity contribution in [3.05, 3.63) is 53.5 Å². The maximum Gasteiger partial charge on any atom is 0.472 e. The molecule has 0 radical (unpaired) electrons. The normalized spacial score (nSPS) is 24.9. The van der Waals surface area contributed by atoms with Gasteiger partial charge < -0.3 is 39.0 Å². The lowest BCUT2D eigenvalue weighted by molar-refractivity contribution is -0.182. The minimum Gasteiger partial charge on any atom is -0.495 e. The van der Waals surface area contributed by atoms with Crippen LogP contribution in [0.15, 0.2) is 36.7 Å². The number of nitrogen functional groups attached to an aromatic ring is 1. The Morgan fingerprint density at radius 3 is 2.23 bits per heavy atom. The SMILES string of the molecule is CCCCCCCCCCCCCCCCCCOC[C@H](COP(=O)(O)OC1[C@@]2(C#N)O[C@@H](c3ccc4c(N)ncnn34)[C@@H]3OC(C)(C)O[C@@]132)OCc1ccc(OC)c(C#N)c1. The summed E-state index contributed by atoms with van der Waals surface area (Å²) >= 11 is 0. The van der Waals surface area contributed by atoms with Crippen molar-refractivity contribution in [1.82, 2.24) is 14.6 Å². The molecule has 62 heavy (non-hydrogen) atoms. The zero-order chi connectivity index (χ0) is 44.2. The first-order valence-electron chi connectivity index (χ1n) is 22.4. The van der Waals surface area contributed by atoms with Crippen LogP contribution < -0.4 is 10.5 Å². The highest BCUT2D eigenvalue weighted by Crippen LogP contribution is 2.74. The van der Waals surface area contributed by atoms with Gasteiger partial charge in [0.25, 0.3) is 0 Å². The van der Waals surface area contributed by atoms with E-state index >= 15 is 0 Å². The number of anilines is 1. The Labute approximate surface area is 365 Å². The molecule has 1 aliphatic carbocycles. The van der Waals surface area contributed by atoms with E-state index in [1.54, 1.807) is 48.7 Å². The number of hydrogen-bond donors (Lipinski definition) is 2. The lowest BCUT2D eigenvalue weighted by Crippen LogP contribution is -2.33. The Morgan fingerprint density at radius 1 is 0.935 bits per heavy atom. The molecule has 4 heterocycles. The molecule has 3 aliphatic rings. The smallest absolute Gasteiger partial charge is 0.472 e. The van der Waals surface area contributed by atoms with Gasteiger partial charge in [-0.05, 0) is 50.1 Å². The maximum atomic E-state index is 13.7. The van der Waals surface area contributed by atoms with Crippen LogP contribution in [-0.2, 0) is 43.9 Å². The molecule has 1 spiro atoms. The second-order valence-electron chi connectivity index (χ2n) is 17.1. The second-order valence-corrected chi connectivity index (χ2v) is 18.5. The average molecular weight is 881 g/mol. The van der Waals surface area contributed by atoms with Crippen LogP contribution in [-0.4, -0.2) is 81.7 Å². The monoisotopic (exact) mass is 880 g/mol. The standard InChI is InChI=1S/C45H65N6O10P/c1-5-6-7-8-9-10-11-12-13-14-15-16-17-18-19-20-25-55-29-35(56-28-33-21-24-38(54-4)34(26-33)27-46)30-57-62(52,53)60-42-44(31-47)45(42)40(59-43(2,3)61-45)39(58-44)36-22-23-37-41(48)49-32-50-51(36)37/h21-24,26,32,35,39-40,42H,5-20,25,28-30H2,1-4H3,(H,52,53)(H2,48,49,50)/t35-,39+,40+,42?,44-,45-/m1/s1. The number of nitriles is 2. The molecule has 2 saturated heterocycles. The van der Waals surface area contributed by atoms with Gasteiger partial charge in [-0.15, -0.1) is 0 Å². The molecule has 17 heteroatoms. The summed E-state index contributed by atoms with van der Waals surface area (Å²) in [5.74, 6) is -0.496. The quantitative estimate of drug-likeness (QED) is 0.0492. The first-order valence-corrected chi connectivity index (χ1v) is 23.9. The number of benzene rings is 1. The second kappa shape index (κ2) is 21.8. The Balaban J connectivity index is 0.985. The Kier molecular flexibility index (Phi) is 16.8. The fourth-order valence-electron chi connectivity index (χ4n) is 8.81. The number of unbranched alkanes of at least 4 members (excludes halogenated alkanes) is 15. The minimum absolute atomic E-state index is 0.0666. The number of fused-ring (bicyclic) bond motifs is 1. The van der Waals surface area contributed by atoms with E-state index in [1.807, 2.05) is 0 Å². The van der Waals surface area contributed by atoms with Crippen LogP contribution in [0.3, 0.4) is 0 Å². The van der Waals surface area contributed by atoms with Crippen LogP contribution in [0.5, 0.6) is 5.75 Å². The van der Waals surface area contributed by atoms with Gasteiger partial charge in [0.05, 0.1) is 38.2 Å². The van der Waals surface area contributed by atoms with Crippen molar-refractivity contribution in [1.29, 1.82) is 10.5 Å². The Bertz CT molecular complexity index is 2050. The van der Waals surface area contributed by atoms with E-state index in [1.165, 1.54) is 96.9 Å². The van der Waals surface area contributed by atoms with Crippen molar-refractivity contribution in [2.45, 2.75) is 172 Å². The number of rotatable bonds is 29. The molecule has 1 saturated carbocycles. The van der Waals surface area contributed by atoms with Gasteiger partial charge in [0, 0.05) is 6.61 Å². The number of ether oxygens (including phenoxy) is 6. The highest BCUT2D eigenvalue weighted by atomic mass is 31.2. The van der Waals surface area contributed by atoms with Crippen LogP contribution in [0.25, 0.3) is 5.52 Å². The van der Waals surface area contributed by atoms with E-state index in [0.29, 0.717) is 34.7 Å². The summed E-state index contributed by atoms with van der Waals surface area (Å²) in [6.45, 7) is 5.89. The molecule has 2 aliphatic heterocycles. The van der Waals surface area contributed by atoms with Crippen molar-refractivity contribution in [2.75, 3.05) is 32.7 Å². The zero-order valence-electron chi connectivity index (χ0n) is 36.8. The molecule has 0 bridgehead atoms. The zero-order valence-corrected chi connectivity index (χ0v) is 37.7. The van der Waals surface area contributed by atoms with E-state index < -0.39 is 49.2 Å². The van der Waals surface area contributed by atoms with Crippen molar-refractivity contribution in [2.24, 2.45) is 0 Å². The van der Waals surface area contributed by atoms with Crippen LogP contribution in [0.2, 0.25) is 0 Å². The van der Waals surface area contributed by atoms with Crippen molar-refractivity contribution >= 4 is 19.2 Å². The number of aromatic nitrogens is 3. The third-order valence-electron chi connectivity index (χ3n) is 12.0. The lowest BCUT2D eigenvalue weighted by Gasteiger charge is -2.25. The van der Waals surface area contributed by atoms with Gasteiger partial charge in [0.2, 0.25) is 5.60 Å². The molecule has 7 atom stereocenters. The highest BCUT2D eigenvalue weighted by Gasteiger charge is 2.95. The summed E-state index contributed by atoms with van der Waals surface area (Å²) in [5.41, 5.74) is 4.81. The highest BCUT2D eigenvalue weighted by molar-refractivity contribution is 7.47. The van der Waals surface area contributed by atoms with E-state index in [-0.39, 0.29) is 25.6 Å². The molecule has 3 fully saturated rings. The first kappa shape index (κ1) is 47.8. The molecule has 16 nitrogen and oxygen atoms in total. The van der Waals surface area contributed by atoms with Gasteiger partial charge in [-0.2, -0.15) is 15.6 Å². The van der Waals surface area contributed by atoms with Crippen LogP contribution >= 0.6 is 7.82 Å². The van der Waals surface area contributed by atoms with Gasteiger partial charge in [0.1, 0.15) is 48.0 Å². The van der Waals surface area contributed by atoms with E-state index in [2.05, 4.69) is 29.1 Å². The van der Waals surface area contributed by atoms with Gasteiger partial charge in [-0.3, -0.25) is 9.05 Å². The van der Waals surface area contributed by atoms with Crippen LogP contribution in [0, 0.1) is 22.7 Å². The Hall–Kier alpha value is -3.67. The lowest BCUT2D eigenvalue weighted by atomic mass is 10.0. The first-order chi connectivity index (χ1) is 29.9. The van der Waals surface area contributed by atoms with Crippen LogP contribution in [0.1, 0.15) is 146 Å². The Morgan fingerprint density at radius 2 is 1.60 bits per heavy atom. The summed E-state index contributed by atoms with van der Waals surface area (Å²) < 4.78 is 62.8. The summed E-state index contributed by atoms with van der Waals surface area (Å²) in [6.07, 6.45) is 17.8. The van der Waals surface area contributed by atoms with Gasteiger partial charge in [0.15, 0.2) is 23.3 Å². The number of phosphoric ester groups is 1.